The molecule has 29 heavy (non-hydrogen) atoms. The first-order valence-corrected chi connectivity index (χ1v) is 8.77. The van der Waals surface area contributed by atoms with Gasteiger partial charge in [0.25, 0.3) is 0 Å². The topological polar surface area (TPSA) is 143 Å². The molecule has 0 spiro atoms. The molecule has 0 aromatic heterocycles. The van der Waals surface area contributed by atoms with Crippen molar-refractivity contribution in [2.75, 3.05) is 6.54 Å². The van der Waals surface area contributed by atoms with Gasteiger partial charge in [0.1, 0.15) is 24.8 Å². The highest BCUT2D eigenvalue weighted by molar-refractivity contribution is 6.02. The number of rotatable bonds is 9. The lowest BCUT2D eigenvalue weighted by Crippen LogP contribution is -2.42. The lowest BCUT2D eigenvalue weighted by atomic mass is 10.1. The van der Waals surface area contributed by atoms with Crippen molar-refractivity contribution in [3.8, 4) is 0 Å². The zero-order chi connectivity index (χ0) is 21.1. The van der Waals surface area contributed by atoms with E-state index in [0.29, 0.717) is 18.4 Å². The number of aliphatic imine (C=N–C) groups is 1. The lowest BCUT2D eigenvalue weighted by Gasteiger charge is -2.11. The van der Waals surface area contributed by atoms with Crippen molar-refractivity contribution in [1.82, 2.24) is 10.6 Å². The molecule has 5 N–H and O–H groups in total. The summed E-state index contributed by atoms with van der Waals surface area (Å²) in [5.74, 6) is 0.0363. The summed E-state index contributed by atoms with van der Waals surface area (Å²) in [7, 11) is 0. The highest BCUT2D eigenvalue weighted by Crippen LogP contribution is 2.06. The third-order valence-electron chi connectivity index (χ3n) is 3.83. The minimum Gasteiger partial charge on any atom is -0.465 e. The van der Waals surface area contributed by atoms with Crippen LogP contribution in [0, 0.1) is 0 Å². The average molecular weight is 398 g/mol. The third kappa shape index (κ3) is 7.81. The van der Waals surface area contributed by atoms with Crippen LogP contribution in [0.3, 0.4) is 0 Å². The monoisotopic (exact) mass is 398 g/mol. The van der Waals surface area contributed by atoms with Gasteiger partial charge in [-0.1, -0.05) is 54.6 Å². The van der Waals surface area contributed by atoms with Gasteiger partial charge < -0.3 is 31.0 Å². The number of hydrogen-bond donors (Lipinski definition) is 4. The number of aldehydes is 1. The quantitative estimate of drug-likeness (QED) is 0.286. The van der Waals surface area contributed by atoms with Gasteiger partial charge >= 0.3 is 12.2 Å². The van der Waals surface area contributed by atoms with Gasteiger partial charge in [-0.25, -0.2) is 9.59 Å². The number of carbonyl (C=O) groups is 3. The maximum absolute atomic E-state index is 11.8. The molecule has 0 aliphatic heterocycles. The van der Waals surface area contributed by atoms with Crippen molar-refractivity contribution in [3.63, 3.8) is 0 Å². The van der Waals surface area contributed by atoms with Crippen molar-refractivity contribution >= 4 is 24.3 Å². The van der Waals surface area contributed by atoms with Crippen molar-refractivity contribution in [2.45, 2.75) is 19.2 Å². The first kappa shape index (κ1) is 21.6. The summed E-state index contributed by atoms with van der Waals surface area (Å²) in [6.45, 7) is 0.691. The van der Waals surface area contributed by atoms with Crippen LogP contribution in [0.2, 0.25) is 0 Å². The van der Waals surface area contributed by atoms with E-state index >= 15 is 0 Å². The third-order valence-corrected chi connectivity index (χ3v) is 3.83. The molecule has 0 heterocycles. The zero-order valence-corrected chi connectivity index (χ0v) is 15.6. The average Bonchev–Trinajstić information content (AvgIpc) is 2.72. The fourth-order valence-electron chi connectivity index (χ4n) is 2.37. The number of ether oxygens (including phenoxy) is 1. The van der Waals surface area contributed by atoms with E-state index in [4.69, 9.17) is 15.6 Å². The molecule has 152 valence electrons. The molecule has 2 rings (SSSR count). The maximum atomic E-state index is 11.8. The number of hydrogen-bond acceptors (Lipinski definition) is 5. The van der Waals surface area contributed by atoms with E-state index in [-0.39, 0.29) is 19.0 Å². The number of benzene rings is 2. The SMILES string of the molecule is NC(=NC(=O)OCc1ccccc1)c1ccc(CNC[C@@H](C=O)NC(=O)O)cc1. The summed E-state index contributed by atoms with van der Waals surface area (Å²) in [5, 5.41) is 13.7. The minimum absolute atomic E-state index is 0.0363. The number of nitrogens with zero attached hydrogens (tertiary/aromatic N) is 1. The van der Waals surface area contributed by atoms with E-state index in [2.05, 4.69) is 15.6 Å². The smallest absolute Gasteiger partial charge is 0.435 e. The van der Waals surface area contributed by atoms with Crippen LogP contribution in [-0.4, -0.2) is 42.0 Å². The van der Waals surface area contributed by atoms with Gasteiger partial charge in [0, 0.05) is 18.7 Å². The highest BCUT2D eigenvalue weighted by atomic mass is 16.5. The summed E-state index contributed by atoms with van der Waals surface area (Å²) in [6, 6.07) is 15.4. The van der Waals surface area contributed by atoms with E-state index in [1.54, 1.807) is 24.3 Å². The van der Waals surface area contributed by atoms with Gasteiger partial charge in [0.05, 0.1) is 0 Å². The number of carboxylic acid groups (broad SMARTS) is 1. The molecule has 9 nitrogen and oxygen atoms in total. The molecule has 0 saturated heterocycles. The van der Waals surface area contributed by atoms with Gasteiger partial charge in [-0.15, -0.1) is 0 Å². The number of nitrogens with two attached hydrogens (primary N) is 1. The van der Waals surface area contributed by atoms with Crippen LogP contribution < -0.4 is 16.4 Å². The molecule has 2 amide bonds. The summed E-state index contributed by atoms with van der Waals surface area (Å²) in [5.41, 5.74) is 8.14. The van der Waals surface area contributed by atoms with Crippen LogP contribution in [0.15, 0.2) is 59.6 Å². The Bertz CT molecular complexity index is 853. The second kappa shape index (κ2) is 11.2. The zero-order valence-electron chi connectivity index (χ0n) is 15.6. The van der Waals surface area contributed by atoms with Crippen molar-refractivity contribution in [2.24, 2.45) is 10.7 Å². The Kier molecular flexibility index (Phi) is 8.33. The van der Waals surface area contributed by atoms with E-state index < -0.39 is 18.2 Å². The van der Waals surface area contributed by atoms with Crippen molar-refractivity contribution < 1.29 is 24.2 Å². The van der Waals surface area contributed by atoms with Crippen LogP contribution in [0.25, 0.3) is 0 Å². The summed E-state index contributed by atoms with van der Waals surface area (Å²) in [6.07, 6.45) is -1.51. The Labute approximate surface area is 167 Å². The molecule has 2 aromatic rings. The van der Waals surface area contributed by atoms with Gasteiger partial charge in [0.2, 0.25) is 0 Å². The summed E-state index contributed by atoms with van der Waals surface area (Å²) in [4.78, 5) is 36.9. The molecule has 0 radical (unpaired) electrons. The normalized spacial score (nSPS) is 12.1. The minimum atomic E-state index is -1.26. The largest absolute Gasteiger partial charge is 0.465 e. The van der Waals surface area contributed by atoms with Crippen LogP contribution in [-0.2, 0) is 22.7 Å². The molecule has 0 unspecified atom stereocenters. The first-order chi connectivity index (χ1) is 14.0. The molecule has 0 bridgehead atoms. The predicted molar refractivity (Wildman–Crippen MR) is 107 cm³/mol. The molecule has 9 heteroatoms. The highest BCUT2D eigenvalue weighted by Gasteiger charge is 2.09. The fraction of sp³-hybridized carbons (Fsp3) is 0.200. The predicted octanol–water partition coefficient (Wildman–Crippen LogP) is 1.65. The maximum Gasteiger partial charge on any atom is 0.435 e. The first-order valence-electron chi connectivity index (χ1n) is 8.77. The Hall–Kier alpha value is -3.72. The Morgan fingerprint density at radius 3 is 2.41 bits per heavy atom. The molecule has 0 aliphatic carbocycles. The van der Waals surface area contributed by atoms with E-state index in [0.717, 1.165) is 11.1 Å². The molecule has 2 aromatic carbocycles. The lowest BCUT2D eigenvalue weighted by molar-refractivity contribution is -0.109. The second-order valence-electron chi connectivity index (χ2n) is 6.06. The van der Waals surface area contributed by atoms with Crippen LogP contribution in [0.4, 0.5) is 9.59 Å². The van der Waals surface area contributed by atoms with E-state index in [1.807, 2.05) is 30.3 Å². The van der Waals surface area contributed by atoms with E-state index in [1.165, 1.54) is 0 Å². The molecule has 1 atom stereocenters. The van der Waals surface area contributed by atoms with Crippen LogP contribution in [0.5, 0.6) is 0 Å². The van der Waals surface area contributed by atoms with Gasteiger partial charge in [-0.3, -0.25) is 0 Å². The van der Waals surface area contributed by atoms with E-state index in [9.17, 15) is 14.4 Å². The standard InChI is InChI=1S/C20H22N4O5/c21-18(24-20(28)29-13-15-4-2-1-3-5-15)16-8-6-14(7-9-16)10-22-11-17(12-25)23-19(26)27/h1-9,12,17,22-23H,10-11,13H2,(H,26,27)(H2,21,24,28)/t17-/m0/s1. The van der Waals surface area contributed by atoms with Gasteiger partial charge in [-0.05, 0) is 11.1 Å². The van der Waals surface area contributed by atoms with Gasteiger partial charge in [-0.2, -0.15) is 4.99 Å². The van der Waals surface area contributed by atoms with Crippen molar-refractivity contribution in [3.05, 3.63) is 71.3 Å². The molecule has 0 aliphatic rings. The van der Waals surface area contributed by atoms with Gasteiger partial charge in [0.15, 0.2) is 0 Å². The summed E-state index contributed by atoms with van der Waals surface area (Å²) < 4.78 is 5.06. The molecule has 0 fully saturated rings. The summed E-state index contributed by atoms with van der Waals surface area (Å²) >= 11 is 0. The number of amidine groups is 1. The molecular formula is C20H22N4O5. The second-order valence-corrected chi connectivity index (χ2v) is 6.06. The molecule has 0 saturated carbocycles. The Morgan fingerprint density at radius 1 is 1.10 bits per heavy atom. The molecular weight excluding hydrogens is 376 g/mol. The number of amides is 2. The number of nitrogens with one attached hydrogen (secondary N) is 2. The van der Waals surface area contributed by atoms with Crippen LogP contribution >= 0.6 is 0 Å². The Morgan fingerprint density at radius 2 is 1.79 bits per heavy atom. The number of carbonyl (C=O) groups excluding carboxylic acids is 2. The van der Waals surface area contributed by atoms with Crippen molar-refractivity contribution in [1.29, 1.82) is 0 Å². The van der Waals surface area contributed by atoms with Crippen LogP contribution in [0.1, 0.15) is 16.7 Å². The fourth-order valence-corrected chi connectivity index (χ4v) is 2.37. The Balaban J connectivity index is 1.83.